The summed E-state index contributed by atoms with van der Waals surface area (Å²) in [5.74, 6) is 0.222. The summed E-state index contributed by atoms with van der Waals surface area (Å²) in [5.41, 5.74) is 1.91. The van der Waals surface area contributed by atoms with E-state index in [-0.39, 0.29) is 0 Å². The molecule has 1 unspecified atom stereocenters. The number of carbonyl (C=O) groups excluding carboxylic acids is 1. The summed E-state index contributed by atoms with van der Waals surface area (Å²) in [6.45, 7) is 7.40. The molecule has 0 saturated carbocycles. The van der Waals surface area contributed by atoms with E-state index in [9.17, 15) is 13.2 Å². The number of rotatable bonds is 8. The maximum Gasteiger partial charge on any atom is 0.247 e. The first-order valence-corrected chi connectivity index (χ1v) is 10.3. The molecule has 0 spiro atoms. The predicted molar refractivity (Wildman–Crippen MR) is 109 cm³/mol. The van der Waals surface area contributed by atoms with Crippen molar-refractivity contribution in [3.8, 4) is 5.75 Å². The molecule has 0 heterocycles. The van der Waals surface area contributed by atoms with Crippen molar-refractivity contribution < 1.29 is 17.9 Å². The number of carbonyl (C=O) groups is 1. The summed E-state index contributed by atoms with van der Waals surface area (Å²) in [6, 6.07) is 12.9. The molecule has 27 heavy (non-hydrogen) atoms. The SMILES string of the molecule is C=CCOc1ccc(NC(=O)C(C)N(c2cccc(C)c2)S(C)(=O)=O)cc1. The summed E-state index contributed by atoms with van der Waals surface area (Å²) in [6.07, 6.45) is 2.73. The van der Waals surface area contributed by atoms with Gasteiger partial charge in [-0.2, -0.15) is 0 Å². The second kappa shape index (κ2) is 8.73. The Bertz CT molecular complexity index is 908. The first kappa shape index (κ1) is 20.5. The highest BCUT2D eigenvalue weighted by Crippen LogP contribution is 2.23. The van der Waals surface area contributed by atoms with Gasteiger partial charge in [0.1, 0.15) is 18.4 Å². The van der Waals surface area contributed by atoms with Crippen LogP contribution in [0.25, 0.3) is 0 Å². The van der Waals surface area contributed by atoms with Gasteiger partial charge in [-0.25, -0.2) is 8.42 Å². The van der Waals surface area contributed by atoms with E-state index in [4.69, 9.17) is 4.74 Å². The van der Waals surface area contributed by atoms with Crippen LogP contribution in [0.3, 0.4) is 0 Å². The Kier molecular flexibility index (Phi) is 6.63. The van der Waals surface area contributed by atoms with Crippen molar-refractivity contribution in [1.29, 1.82) is 0 Å². The molecule has 0 aliphatic rings. The van der Waals surface area contributed by atoms with Gasteiger partial charge in [-0.05, 0) is 55.8 Å². The Labute approximate surface area is 160 Å². The molecule has 0 fully saturated rings. The number of amides is 1. The van der Waals surface area contributed by atoms with Crippen LogP contribution in [0.5, 0.6) is 5.75 Å². The minimum atomic E-state index is -3.65. The number of hydrogen-bond donors (Lipinski definition) is 1. The monoisotopic (exact) mass is 388 g/mol. The fraction of sp³-hybridized carbons (Fsp3) is 0.250. The first-order valence-electron chi connectivity index (χ1n) is 8.43. The topological polar surface area (TPSA) is 75.7 Å². The van der Waals surface area contributed by atoms with Gasteiger partial charge in [0.05, 0.1) is 11.9 Å². The normalized spacial score (nSPS) is 12.1. The number of hydrogen-bond acceptors (Lipinski definition) is 4. The average molecular weight is 388 g/mol. The van der Waals surface area contributed by atoms with Crippen molar-refractivity contribution in [2.24, 2.45) is 0 Å². The average Bonchev–Trinajstić information content (AvgIpc) is 2.60. The van der Waals surface area contributed by atoms with E-state index in [1.54, 1.807) is 55.5 Å². The van der Waals surface area contributed by atoms with Crippen molar-refractivity contribution >= 4 is 27.3 Å². The molecule has 0 aliphatic heterocycles. The van der Waals surface area contributed by atoms with E-state index in [0.29, 0.717) is 23.7 Å². The Morgan fingerprint density at radius 2 is 1.93 bits per heavy atom. The zero-order chi connectivity index (χ0) is 20.0. The van der Waals surface area contributed by atoms with Gasteiger partial charge in [0, 0.05) is 5.69 Å². The van der Waals surface area contributed by atoms with Crippen molar-refractivity contribution in [3.63, 3.8) is 0 Å². The summed E-state index contributed by atoms with van der Waals surface area (Å²) >= 11 is 0. The molecule has 1 atom stereocenters. The molecule has 7 heteroatoms. The number of nitrogens with zero attached hydrogens (tertiary/aromatic N) is 1. The van der Waals surface area contributed by atoms with E-state index >= 15 is 0 Å². The van der Waals surface area contributed by atoms with E-state index in [2.05, 4.69) is 11.9 Å². The molecule has 0 bridgehead atoms. The molecule has 6 nitrogen and oxygen atoms in total. The second-order valence-electron chi connectivity index (χ2n) is 6.19. The molecule has 144 valence electrons. The van der Waals surface area contributed by atoms with Crippen molar-refractivity contribution in [2.75, 3.05) is 22.5 Å². The third kappa shape index (κ3) is 5.59. The van der Waals surface area contributed by atoms with Crippen LogP contribution in [-0.2, 0) is 14.8 Å². The number of ether oxygens (including phenoxy) is 1. The van der Waals surface area contributed by atoms with Gasteiger partial charge in [-0.15, -0.1) is 0 Å². The molecule has 0 aromatic heterocycles. The van der Waals surface area contributed by atoms with Gasteiger partial charge < -0.3 is 10.1 Å². The summed E-state index contributed by atoms with van der Waals surface area (Å²) in [5, 5.41) is 2.74. The van der Waals surface area contributed by atoms with Crippen LogP contribution in [-0.4, -0.2) is 33.2 Å². The van der Waals surface area contributed by atoms with Crippen molar-refractivity contribution in [3.05, 3.63) is 66.7 Å². The third-order valence-corrected chi connectivity index (χ3v) is 5.08. The maximum absolute atomic E-state index is 12.7. The lowest BCUT2D eigenvalue weighted by Crippen LogP contribution is -2.45. The van der Waals surface area contributed by atoms with Crippen LogP contribution in [0.1, 0.15) is 12.5 Å². The molecule has 0 saturated heterocycles. The molecule has 0 radical (unpaired) electrons. The molecule has 1 amide bonds. The van der Waals surface area contributed by atoms with Crippen LogP contribution in [0.4, 0.5) is 11.4 Å². The van der Waals surface area contributed by atoms with Gasteiger partial charge in [0.2, 0.25) is 15.9 Å². The quantitative estimate of drug-likeness (QED) is 0.704. The van der Waals surface area contributed by atoms with Crippen LogP contribution >= 0.6 is 0 Å². The van der Waals surface area contributed by atoms with E-state index in [1.807, 2.05) is 13.0 Å². The van der Waals surface area contributed by atoms with Crippen LogP contribution < -0.4 is 14.4 Å². The summed E-state index contributed by atoms with van der Waals surface area (Å²) < 4.78 is 31.1. The zero-order valence-electron chi connectivity index (χ0n) is 15.7. The fourth-order valence-corrected chi connectivity index (χ4v) is 3.78. The highest BCUT2D eigenvalue weighted by atomic mass is 32.2. The minimum absolute atomic E-state index is 0.391. The van der Waals surface area contributed by atoms with Crippen LogP contribution in [0.15, 0.2) is 61.2 Å². The number of aryl methyl sites for hydroxylation is 1. The van der Waals surface area contributed by atoms with Crippen LogP contribution in [0.2, 0.25) is 0 Å². The molecular weight excluding hydrogens is 364 g/mol. The second-order valence-corrected chi connectivity index (χ2v) is 8.05. The third-order valence-electron chi connectivity index (χ3n) is 3.83. The maximum atomic E-state index is 12.7. The number of nitrogens with one attached hydrogen (secondary N) is 1. The van der Waals surface area contributed by atoms with Crippen molar-refractivity contribution in [2.45, 2.75) is 19.9 Å². The highest BCUT2D eigenvalue weighted by Gasteiger charge is 2.29. The van der Waals surface area contributed by atoms with E-state index in [1.165, 1.54) is 0 Å². The number of benzene rings is 2. The standard InChI is InChI=1S/C20H24N2O4S/c1-5-13-26-19-11-9-17(10-12-19)21-20(23)16(3)22(27(4,24)25)18-8-6-7-15(2)14-18/h5-12,14,16H,1,13H2,2-4H3,(H,21,23). The lowest BCUT2D eigenvalue weighted by atomic mass is 10.2. The van der Waals surface area contributed by atoms with Gasteiger partial charge in [0.15, 0.2) is 0 Å². The fourth-order valence-electron chi connectivity index (χ4n) is 2.61. The minimum Gasteiger partial charge on any atom is -0.490 e. The molecule has 2 aromatic carbocycles. The zero-order valence-corrected chi connectivity index (χ0v) is 16.5. The molecular formula is C20H24N2O4S. The molecule has 2 rings (SSSR count). The lowest BCUT2D eigenvalue weighted by Gasteiger charge is -2.28. The molecule has 1 N–H and O–H groups in total. The molecule has 0 aliphatic carbocycles. The largest absolute Gasteiger partial charge is 0.490 e. The lowest BCUT2D eigenvalue weighted by molar-refractivity contribution is -0.116. The summed E-state index contributed by atoms with van der Waals surface area (Å²) in [4.78, 5) is 12.7. The van der Waals surface area contributed by atoms with Crippen LogP contribution in [0, 0.1) is 6.92 Å². The van der Waals surface area contributed by atoms with Gasteiger partial charge in [0.25, 0.3) is 0 Å². The Hall–Kier alpha value is -2.80. The number of sulfonamides is 1. The predicted octanol–water partition coefficient (Wildman–Crippen LogP) is 3.35. The Balaban J connectivity index is 2.19. The summed E-state index contributed by atoms with van der Waals surface area (Å²) in [7, 11) is -3.65. The van der Waals surface area contributed by atoms with Crippen molar-refractivity contribution in [1.82, 2.24) is 0 Å². The van der Waals surface area contributed by atoms with Gasteiger partial charge in [-0.3, -0.25) is 9.10 Å². The highest BCUT2D eigenvalue weighted by molar-refractivity contribution is 7.92. The van der Waals surface area contributed by atoms with Gasteiger partial charge in [-0.1, -0.05) is 24.8 Å². The van der Waals surface area contributed by atoms with E-state index < -0.39 is 22.0 Å². The van der Waals surface area contributed by atoms with Gasteiger partial charge >= 0.3 is 0 Å². The number of anilines is 2. The first-order chi connectivity index (χ1) is 12.7. The Morgan fingerprint density at radius 3 is 2.48 bits per heavy atom. The Morgan fingerprint density at radius 1 is 1.26 bits per heavy atom. The molecule has 2 aromatic rings. The van der Waals surface area contributed by atoms with E-state index in [0.717, 1.165) is 16.1 Å². The smallest absolute Gasteiger partial charge is 0.247 e.